The minimum atomic E-state index is -1.03. The van der Waals surface area contributed by atoms with Crippen LogP contribution in [0.1, 0.15) is 29.6 Å². The van der Waals surface area contributed by atoms with Crippen molar-refractivity contribution in [1.82, 2.24) is 5.32 Å². The highest BCUT2D eigenvalue weighted by Gasteiger charge is 2.18. The zero-order valence-electron chi connectivity index (χ0n) is 10.3. The van der Waals surface area contributed by atoms with Gasteiger partial charge >= 0.3 is 5.97 Å². The Kier molecular flexibility index (Phi) is 4.55. The molecule has 0 aromatic heterocycles. The number of amides is 1. The van der Waals surface area contributed by atoms with Crippen molar-refractivity contribution >= 4 is 33.5 Å². The first-order valence-corrected chi connectivity index (χ1v) is 6.91. The molecule has 1 aliphatic rings. The summed E-state index contributed by atoms with van der Waals surface area (Å²) in [6.07, 6.45) is 2.52. The van der Waals surface area contributed by atoms with Crippen LogP contribution in [0, 0.1) is 0 Å². The van der Waals surface area contributed by atoms with Gasteiger partial charge in [0.1, 0.15) is 0 Å². The highest BCUT2D eigenvalue weighted by atomic mass is 79.9. The molecule has 0 saturated carbocycles. The molecule has 1 amide bonds. The molecule has 1 aromatic carbocycles. The van der Waals surface area contributed by atoms with Crippen LogP contribution in [0.4, 0.5) is 5.69 Å². The van der Waals surface area contributed by atoms with Crippen molar-refractivity contribution in [1.29, 1.82) is 0 Å². The van der Waals surface area contributed by atoms with E-state index < -0.39 is 5.97 Å². The van der Waals surface area contributed by atoms with Crippen LogP contribution in [0.5, 0.6) is 0 Å². The average Bonchev–Trinajstić information content (AvgIpc) is 2.84. The monoisotopic (exact) mass is 326 g/mol. The minimum Gasteiger partial charge on any atom is -0.478 e. The number of carbonyl (C=O) groups is 2. The van der Waals surface area contributed by atoms with Crippen molar-refractivity contribution in [2.75, 3.05) is 11.9 Å². The summed E-state index contributed by atoms with van der Waals surface area (Å²) in [5.74, 6) is -1.13. The number of rotatable bonds is 4. The molecular weight excluding hydrogens is 312 g/mol. The summed E-state index contributed by atoms with van der Waals surface area (Å²) in [7, 11) is 0. The molecule has 2 rings (SSSR count). The second-order valence-corrected chi connectivity index (χ2v) is 5.40. The number of hydrogen-bond donors (Lipinski definition) is 3. The van der Waals surface area contributed by atoms with Crippen LogP contribution in [-0.2, 0) is 4.79 Å². The fourth-order valence-electron chi connectivity index (χ4n) is 2.13. The number of halogens is 1. The van der Waals surface area contributed by atoms with E-state index in [1.165, 1.54) is 6.07 Å². The number of aromatic carboxylic acids is 1. The van der Waals surface area contributed by atoms with Gasteiger partial charge in [-0.1, -0.05) is 0 Å². The predicted octanol–water partition coefficient (Wildman–Crippen LogP) is 2.23. The highest BCUT2D eigenvalue weighted by molar-refractivity contribution is 9.10. The van der Waals surface area contributed by atoms with Crippen molar-refractivity contribution in [3.63, 3.8) is 0 Å². The molecule has 3 N–H and O–H groups in total. The summed E-state index contributed by atoms with van der Waals surface area (Å²) >= 11 is 3.16. The van der Waals surface area contributed by atoms with Gasteiger partial charge < -0.3 is 15.7 Å². The Morgan fingerprint density at radius 1 is 1.47 bits per heavy atom. The molecule has 1 atom stereocenters. The molecule has 1 unspecified atom stereocenters. The molecule has 0 aliphatic carbocycles. The summed E-state index contributed by atoms with van der Waals surface area (Å²) < 4.78 is 0.496. The molecule has 19 heavy (non-hydrogen) atoms. The molecule has 0 bridgehead atoms. The lowest BCUT2D eigenvalue weighted by molar-refractivity contribution is -0.116. The first-order chi connectivity index (χ1) is 9.06. The van der Waals surface area contributed by atoms with E-state index in [1.54, 1.807) is 12.1 Å². The average molecular weight is 327 g/mol. The highest BCUT2D eigenvalue weighted by Crippen LogP contribution is 2.21. The van der Waals surface area contributed by atoms with Crippen molar-refractivity contribution in [3.8, 4) is 0 Å². The standard InChI is InChI=1S/C13H15BrN2O3/c14-11-4-3-9(6-10(11)13(18)19)16-12(17)7-8-2-1-5-15-8/h3-4,6,8,15H,1-2,5,7H2,(H,16,17)(H,18,19). The van der Waals surface area contributed by atoms with E-state index in [9.17, 15) is 9.59 Å². The number of carbonyl (C=O) groups excluding carboxylic acids is 1. The molecule has 1 aliphatic heterocycles. The number of anilines is 1. The zero-order valence-corrected chi connectivity index (χ0v) is 11.9. The molecule has 0 radical (unpaired) electrons. The second-order valence-electron chi connectivity index (χ2n) is 4.55. The van der Waals surface area contributed by atoms with Gasteiger partial charge in [-0.2, -0.15) is 0 Å². The van der Waals surface area contributed by atoms with Crippen LogP contribution in [0.15, 0.2) is 22.7 Å². The Morgan fingerprint density at radius 3 is 2.89 bits per heavy atom. The maximum Gasteiger partial charge on any atom is 0.336 e. The van der Waals surface area contributed by atoms with Crippen LogP contribution < -0.4 is 10.6 Å². The van der Waals surface area contributed by atoms with Crippen LogP contribution in [0.25, 0.3) is 0 Å². The quantitative estimate of drug-likeness (QED) is 0.792. The van der Waals surface area contributed by atoms with Crippen molar-refractivity contribution in [2.24, 2.45) is 0 Å². The van der Waals surface area contributed by atoms with Gasteiger partial charge in [0.25, 0.3) is 0 Å². The Labute approximate surface area is 119 Å². The Balaban J connectivity index is 2.00. The van der Waals surface area contributed by atoms with Gasteiger partial charge in [-0.25, -0.2) is 4.79 Å². The van der Waals surface area contributed by atoms with Gasteiger partial charge in [0.15, 0.2) is 0 Å². The number of carboxylic acid groups (broad SMARTS) is 1. The van der Waals surface area contributed by atoms with E-state index in [0.717, 1.165) is 19.4 Å². The van der Waals surface area contributed by atoms with Gasteiger partial charge in [-0.15, -0.1) is 0 Å². The van der Waals surface area contributed by atoms with Gasteiger partial charge in [0, 0.05) is 22.6 Å². The number of carboxylic acids is 1. The van der Waals surface area contributed by atoms with E-state index in [-0.39, 0.29) is 17.5 Å². The summed E-state index contributed by atoms with van der Waals surface area (Å²) in [4.78, 5) is 22.8. The topological polar surface area (TPSA) is 78.4 Å². The van der Waals surface area contributed by atoms with Crippen LogP contribution >= 0.6 is 15.9 Å². The molecule has 1 aromatic rings. The van der Waals surface area contributed by atoms with Crippen LogP contribution in [-0.4, -0.2) is 29.6 Å². The Bertz CT molecular complexity index is 499. The molecule has 6 heteroatoms. The molecule has 1 fully saturated rings. The molecular formula is C13H15BrN2O3. The third-order valence-electron chi connectivity index (χ3n) is 3.07. The molecule has 0 spiro atoms. The first-order valence-electron chi connectivity index (χ1n) is 6.12. The minimum absolute atomic E-state index is 0.0990. The van der Waals surface area contributed by atoms with E-state index in [4.69, 9.17) is 5.11 Å². The third-order valence-corrected chi connectivity index (χ3v) is 3.77. The Morgan fingerprint density at radius 2 is 2.26 bits per heavy atom. The van der Waals surface area contributed by atoms with E-state index in [2.05, 4.69) is 26.6 Å². The summed E-state index contributed by atoms with van der Waals surface area (Å²) in [5.41, 5.74) is 0.639. The summed E-state index contributed by atoms with van der Waals surface area (Å²) in [6, 6.07) is 4.98. The van der Waals surface area contributed by atoms with E-state index in [0.29, 0.717) is 16.6 Å². The lowest BCUT2D eigenvalue weighted by Gasteiger charge is -2.11. The molecule has 102 valence electrons. The van der Waals surface area contributed by atoms with Crippen molar-refractivity contribution in [2.45, 2.75) is 25.3 Å². The van der Waals surface area contributed by atoms with Crippen molar-refractivity contribution in [3.05, 3.63) is 28.2 Å². The molecule has 5 nitrogen and oxygen atoms in total. The van der Waals surface area contributed by atoms with Gasteiger partial charge in [0.05, 0.1) is 5.56 Å². The molecule has 1 heterocycles. The lowest BCUT2D eigenvalue weighted by atomic mass is 10.1. The third kappa shape index (κ3) is 3.78. The normalized spacial score (nSPS) is 18.3. The first kappa shape index (κ1) is 14.0. The summed E-state index contributed by atoms with van der Waals surface area (Å²) in [6.45, 7) is 0.958. The lowest BCUT2D eigenvalue weighted by Crippen LogP contribution is -2.27. The van der Waals surface area contributed by atoms with E-state index in [1.807, 2.05) is 0 Å². The number of nitrogens with one attached hydrogen (secondary N) is 2. The van der Waals surface area contributed by atoms with Crippen molar-refractivity contribution < 1.29 is 14.7 Å². The fraction of sp³-hybridized carbons (Fsp3) is 0.385. The van der Waals surface area contributed by atoms with Gasteiger partial charge in [0.2, 0.25) is 5.91 Å². The Hall–Kier alpha value is -1.40. The van der Waals surface area contributed by atoms with E-state index >= 15 is 0 Å². The smallest absolute Gasteiger partial charge is 0.336 e. The summed E-state index contributed by atoms with van der Waals surface area (Å²) in [5, 5.41) is 15.0. The zero-order chi connectivity index (χ0) is 13.8. The fourth-order valence-corrected chi connectivity index (χ4v) is 2.55. The largest absolute Gasteiger partial charge is 0.478 e. The van der Waals surface area contributed by atoms with Gasteiger partial charge in [-0.05, 0) is 53.5 Å². The second kappa shape index (κ2) is 6.16. The SMILES string of the molecule is O=C(CC1CCCN1)Nc1ccc(Br)c(C(=O)O)c1. The van der Waals surface area contributed by atoms with Gasteiger partial charge in [-0.3, -0.25) is 4.79 Å². The maximum atomic E-state index is 11.8. The number of benzene rings is 1. The molecule has 1 saturated heterocycles. The van der Waals surface area contributed by atoms with Crippen LogP contribution in [0.2, 0.25) is 0 Å². The van der Waals surface area contributed by atoms with Crippen LogP contribution in [0.3, 0.4) is 0 Å². The predicted molar refractivity (Wildman–Crippen MR) is 75.4 cm³/mol. The maximum absolute atomic E-state index is 11.8. The number of hydrogen-bond acceptors (Lipinski definition) is 3.